The van der Waals surface area contributed by atoms with Gasteiger partial charge in [0, 0.05) is 29.7 Å². The molecule has 1 saturated heterocycles. The lowest BCUT2D eigenvalue weighted by atomic mass is 10.2. The summed E-state index contributed by atoms with van der Waals surface area (Å²) in [6.07, 6.45) is -0.871. The van der Waals surface area contributed by atoms with Crippen LogP contribution in [0.3, 0.4) is 0 Å². The summed E-state index contributed by atoms with van der Waals surface area (Å²) in [4.78, 5) is 13.0. The van der Waals surface area contributed by atoms with E-state index in [1.165, 1.54) is 7.11 Å². The molecule has 0 aliphatic carbocycles. The molecule has 0 aromatic heterocycles. The maximum atomic E-state index is 10.8. The Hall–Kier alpha value is -1.47. The number of hydrogen-bond donors (Lipinski definition) is 1. The van der Waals surface area contributed by atoms with E-state index < -0.39 is 6.09 Å². The molecule has 0 unspecified atom stereocenters. The van der Waals surface area contributed by atoms with Gasteiger partial charge in [-0.05, 0) is 15.9 Å². The number of ether oxygens (including phenoxy) is 3. The minimum Gasteiger partial charge on any atom is -0.493 e. The second-order valence-corrected chi connectivity index (χ2v) is 4.83. The molecule has 19 heavy (non-hydrogen) atoms. The smallest absolute Gasteiger partial charge is 0.410 e. The summed E-state index contributed by atoms with van der Waals surface area (Å²) >= 11 is 3.47. The normalized spacial score (nSPS) is 15.2. The second-order valence-electron chi connectivity index (χ2n) is 3.97. The quantitative estimate of drug-likeness (QED) is 0.913. The molecular formula is C12H15BrN2O4. The molecule has 2 rings (SSSR count). The van der Waals surface area contributed by atoms with E-state index >= 15 is 0 Å². The van der Waals surface area contributed by atoms with Crippen molar-refractivity contribution in [1.82, 2.24) is 0 Å². The van der Waals surface area contributed by atoms with Gasteiger partial charge in [-0.1, -0.05) is 0 Å². The molecule has 7 heteroatoms. The summed E-state index contributed by atoms with van der Waals surface area (Å²) in [6, 6.07) is 3.49. The Balaban J connectivity index is 2.32. The highest BCUT2D eigenvalue weighted by atomic mass is 79.9. The lowest BCUT2D eigenvalue weighted by molar-refractivity contribution is 0.122. The second kappa shape index (κ2) is 6.12. The molecule has 1 aliphatic heterocycles. The zero-order chi connectivity index (χ0) is 13.8. The summed E-state index contributed by atoms with van der Waals surface area (Å²) in [5.74, 6) is 0.752. The number of amides is 1. The van der Waals surface area contributed by atoms with E-state index in [-0.39, 0.29) is 0 Å². The molecule has 1 fully saturated rings. The van der Waals surface area contributed by atoms with Crippen LogP contribution in [0.15, 0.2) is 16.6 Å². The first-order chi connectivity index (χ1) is 9.11. The van der Waals surface area contributed by atoms with Gasteiger partial charge in [-0.15, -0.1) is 0 Å². The number of primary amides is 1. The summed E-state index contributed by atoms with van der Waals surface area (Å²) in [6.45, 7) is 2.98. The topological polar surface area (TPSA) is 74.0 Å². The predicted octanol–water partition coefficient (Wildman–Crippen LogP) is 1.75. The first-order valence-electron chi connectivity index (χ1n) is 5.79. The van der Waals surface area contributed by atoms with Crippen LogP contribution in [0.25, 0.3) is 0 Å². The maximum absolute atomic E-state index is 10.8. The van der Waals surface area contributed by atoms with Crippen LogP contribution in [0, 0.1) is 0 Å². The number of rotatable bonds is 3. The molecule has 2 N–H and O–H groups in total. The fourth-order valence-corrected chi connectivity index (χ4v) is 2.49. The highest BCUT2D eigenvalue weighted by Crippen LogP contribution is 2.38. The minimum absolute atomic E-state index is 0.291. The number of hydrogen-bond acceptors (Lipinski definition) is 5. The molecule has 0 saturated carbocycles. The standard InChI is InChI=1S/C12H15BrN2O4/c1-17-10-7-9(15-2-4-18-5-3-15)8(13)6-11(10)19-12(14)16/h6-7H,2-5H2,1H3,(H2,14,16). The third kappa shape index (κ3) is 3.30. The van der Waals surface area contributed by atoms with Crippen molar-refractivity contribution in [3.63, 3.8) is 0 Å². The first-order valence-corrected chi connectivity index (χ1v) is 6.58. The van der Waals surface area contributed by atoms with Crippen LogP contribution in [0.5, 0.6) is 11.5 Å². The lowest BCUT2D eigenvalue weighted by Crippen LogP contribution is -2.36. The van der Waals surface area contributed by atoms with E-state index in [0.29, 0.717) is 24.7 Å². The van der Waals surface area contributed by atoms with Crippen LogP contribution in [0.1, 0.15) is 0 Å². The largest absolute Gasteiger partial charge is 0.493 e. The number of anilines is 1. The van der Waals surface area contributed by atoms with Gasteiger partial charge in [0.25, 0.3) is 0 Å². The molecular weight excluding hydrogens is 316 g/mol. The van der Waals surface area contributed by atoms with Gasteiger partial charge in [-0.3, -0.25) is 0 Å². The zero-order valence-electron chi connectivity index (χ0n) is 10.5. The molecule has 1 heterocycles. The number of nitrogens with zero attached hydrogens (tertiary/aromatic N) is 1. The summed E-state index contributed by atoms with van der Waals surface area (Å²) < 4.78 is 16.3. The van der Waals surface area contributed by atoms with E-state index in [1.54, 1.807) is 6.07 Å². The number of morpholine rings is 1. The number of halogens is 1. The van der Waals surface area contributed by atoms with Crippen LogP contribution in [-0.4, -0.2) is 39.5 Å². The van der Waals surface area contributed by atoms with Crippen molar-refractivity contribution < 1.29 is 19.0 Å². The molecule has 0 radical (unpaired) electrons. The van der Waals surface area contributed by atoms with Crippen molar-refractivity contribution in [3.05, 3.63) is 16.6 Å². The van der Waals surface area contributed by atoms with Crippen molar-refractivity contribution >= 4 is 27.7 Å². The van der Waals surface area contributed by atoms with Gasteiger partial charge in [0.2, 0.25) is 0 Å². The Labute approximate surface area is 119 Å². The van der Waals surface area contributed by atoms with E-state index in [2.05, 4.69) is 20.8 Å². The minimum atomic E-state index is -0.871. The number of carbonyl (C=O) groups is 1. The average Bonchev–Trinajstić information content (AvgIpc) is 2.39. The average molecular weight is 331 g/mol. The number of carbonyl (C=O) groups excluding carboxylic acids is 1. The Morgan fingerprint density at radius 2 is 2.05 bits per heavy atom. The van der Waals surface area contributed by atoms with Crippen LogP contribution < -0.4 is 20.1 Å². The zero-order valence-corrected chi connectivity index (χ0v) is 12.1. The Morgan fingerprint density at radius 1 is 1.37 bits per heavy atom. The molecule has 6 nitrogen and oxygen atoms in total. The van der Waals surface area contributed by atoms with Gasteiger partial charge in [0.05, 0.1) is 26.0 Å². The van der Waals surface area contributed by atoms with Gasteiger partial charge in [0.15, 0.2) is 11.5 Å². The van der Waals surface area contributed by atoms with E-state index in [0.717, 1.165) is 23.2 Å². The highest BCUT2D eigenvalue weighted by Gasteiger charge is 2.18. The highest BCUT2D eigenvalue weighted by molar-refractivity contribution is 9.10. The fraction of sp³-hybridized carbons (Fsp3) is 0.417. The molecule has 1 aromatic carbocycles. The molecule has 1 amide bonds. The first kappa shape index (κ1) is 14.0. The van der Waals surface area contributed by atoms with Gasteiger partial charge < -0.3 is 24.8 Å². The number of nitrogens with two attached hydrogens (primary N) is 1. The van der Waals surface area contributed by atoms with Crippen molar-refractivity contribution in [3.8, 4) is 11.5 Å². The summed E-state index contributed by atoms with van der Waals surface area (Å²) in [5, 5.41) is 0. The third-order valence-electron chi connectivity index (χ3n) is 2.80. The van der Waals surface area contributed by atoms with E-state index in [4.69, 9.17) is 19.9 Å². The Bertz CT molecular complexity index is 475. The predicted molar refractivity (Wildman–Crippen MR) is 73.9 cm³/mol. The maximum Gasteiger partial charge on any atom is 0.410 e. The number of benzene rings is 1. The van der Waals surface area contributed by atoms with E-state index in [1.807, 2.05) is 6.07 Å². The van der Waals surface area contributed by atoms with Crippen molar-refractivity contribution in [2.75, 3.05) is 38.3 Å². The van der Waals surface area contributed by atoms with Crippen molar-refractivity contribution in [2.24, 2.45) is 5.73 Å². The molecule has 1 aromatic rings. The summed E-state index contributed by atoms with van der Waals surface area (Å²) in [5.41, 5.74) is 5.99. The van der Waals surface area contributed by atoms with Gasteiger partial charge in [0.1, 0.15) is 0 Å². The molecule has 0 atom stereocenters. The molecule has 1 aliphatic rings. The molecule has 104 valence electrons. The van der Waals surface area contributed by atoms with Gasteiger partial charge >= 0.3 is 6.09 Å². The van der Waals surface area contributed by atoms with Crippen molar-refractivity contribution in [1.29, 1.82) is 0 Å². The van der Waals surface area contributed by atoms with Crippen molar-refractivity contribution in [2.45, 2.75) is 0 Å². The lowest BCUT2D eigenvalue weighted by Gasteiger charge is -2.30. The monoisotopic (exact) mass is 330 g/mol. The van der Waals surface area contributed by atoms with Crippen LogP contribution in [0.2, 0.25) is 0 Å². The molecule has 0 bridgehead atoms. The Morgan fingerprint density at radius 3 is 2.63 bits per heavy atom. The van der Waals surface area contributed by atoms with E-state index in [9.17, 15) is 4.79 Å². The molecule has 0 spiro atoms. The van der Waals surface area contributed by atoms with Gasteiger partial charge in [-0.25, -0.2) is 4.79 Å². The van der Waals surface area contributed by atoms with Crippen LogP contribution >= 0.6 is 15.9 Å². The van der Waals surface area contributed by atoms with Crippen LogP contribution in [-0.2, 0) is 4.74 Å². The number of methoxy groups -OCH3 is 1. The third-order valence-corrected chi connectivity index (χ3v) is 3.43. The SMILES string of the molecule is COc1cc(N2CCOCC2)c(Br)cc1OC(N)=O. The fourth-order valence-electron chi connectivity index (χ4n) is 1.92. The Kier molecular flexibility index (Phi) is 4.49. The van der Waals surface area contributed by atoms with Gasteiger partial charge in [-0.2, -0.15) is 0 Å². The summed E-state index contributed by atoms with van der Waals surface area (Å²) in [7, 11) is 1.51. The van der Waals surface area contributed by atoms with Crippen LogP contribution in [0.4, 0.5) is 10.5 Å².